The number of likely N-dealkylation sites (tertiary alicyclic amines) is 2. The summed E-state index contributed by atoms with van der Waals surface area (Å²) in [7, 11) is -3.19. The third-order valence-electron chi connectivity index (χ3n) is 11.0. The van der Waals surface area contributed by atoms with Crippen molar-refractivity contribution in [2.75, 3.05) is 82.8 Å². The SMILES string of the molecule is CS(=O)(=O)N1CCN(C2CCN(CC(=O)N[C@@H](CC(=O)c3cc(Br)c(N)c(Br)c3)C(=O)N3CCC(N4CCc5ccccc5NC4=O)CC3)CC2)CC1. The predicted molar refractivity (Wildman–Crippen MR) is 210 cm³/mol. The zero-order chi connectivity index (χ0) is 37.9. The topological polar surface area (TPSA) is 169 Å². The van der Waals surface area contributed by atoms with E-state index in [-0.39, 0.29) is 42.6 Å². The van der Waals surface area contributed by atoms with Gasteiger partial charge in [0.2, 0.25) is 21.8 Å². The van der Waals surface area contributed by atoms with E-state index < -0.39 is 16.1 Å². The van der Waals surface area contributed by atoms with Crippen LogP contribution < -0.4 is 16.4 Å². The van der Waals surface area contributed by atoms with E-state index in [2.05, 4.69) is 52.3 Å². The Balaban J connectivity index is 1.06. The number of nitrogens with zero attached hydrogens (tertiary/aromatic N) is 5. The van der Waals surface area contributed by atoms with Crippen LogP contribution in [0.3, 0.4) is 0 Å². The number of fused-ring (bicyclic) bond motifs is 1. The first-order valence-electron chi connectivity index (χ1n) is 18.2. The fraction of sp³-hybridized carbons (Fsp3) is 0.556. The molecule has 0 saturated carbocycles. The fourth-order valence-corrected chi connectivity index (χ4v) is 9.90. The van der Waals surface area contributed by atoms with E-state index in [9.17, 15) is 27.6 Å². The molecule has 53 heavy (non-hydrogen) atoms. The Bertz CT molecular complexity index is 1790. The highest BCUT2D eigenvalue weighted by molar-refractivity contribution is 9.11. The summed E-state index contributed by atoms with van der Waals surface area (Å²) < 4.78 is 26.4. The molecule has 0 aliphatic carbocycles. The number of sulfonamides is 1. The van der Waals surface area contributed by atoms with E-state index in [0.717, 1.165) is 30.5 Å². The maximum Gasteiger partial charge on any atom is 0.322 e. The number of amides is 4. The minimum atomic E-state index is -3.19. The Morgan fingerprint density at radius 2 is 1.53 bits per heavy atom. The van der Waals surface area contributed by atoms with E-state index >= 15 is 0 Å². The smallest absolute Gasteiger partial charge is 0.322 e. The average molecular weight is 881 g/mol. The zero-order valence-corrected chi connectivity index (χ0v) is 33.9. The number of carbonyl (C=O) groups is 4. The van der Waals surface area contributed by atoms with Gasteiger partial charge < -0.3 is 26.2 Å². The van der Waals surface area contributed by atoms with Crippen molar-refractivity contribution in [2.24, 2.45) is 0 Å². The Morgan fingerprint density at radius 1 is 0.906 bits per heavy atom. The molecule has 2 aromatic rings. The number of nitrogens with one attached hydrogen (secondary N) is 2. The number of nitrogen functional groups attached to an aromatic ring is 1. The maximum atomic E-state index is 14.1. The van der Waals surface area contributed by atoms with Gasteiger partial charge in [-0.1, -0.05) is 18.2 Å². The number of anilines is 2. The summed E-state index contributed by atoms with van der Waals surface area (Å²) in [6.45, 7) is 5.20. The summed E-state index contributed by atoms with van der Waals surface area (Å²) in [4.78, 5) is 62.4. The number of halogens is 2. The van der Waals surface area contributed by atoms with E-state index in [1.165, 1.54) is 10.6 Å². The van der Waals surface area contributed by atoms with Gasteiger partial charge in [-0.3, -0.25) is 24.2 Å². The molecular formula is C36H48Br2N8O6S. The number of carbonyl (C=O) groups excluding carboxylic acids is 4. The zero-order valence-electron chi connectivity index (χ0n) is 29.9. The molecule has 0 bridgehead atoms. The number of urea groups is 1. The van der Waals surface area contributed by atoms with Crippen LogP contribution in [0, 0.1) is 0 Å². The molecule has 2 aromatic carbocycles. The lowest BCUT2D eigenvalue weighted by Crippen LogP contribution is -2.56. The van der Waals surface area contributed by atoms with Crippen molar-refractivity contribution in [3.05, 3.63) is 56.5 Å². The number of ketones is 1. The molecule has 4 aliphatic rings. The Hall–Kier alpha value is -3.09. The second-order valence-electron chi connectivity index (χ2n) is 14.4. The molecule has 17 heteroatoms. The third kappa shape index (κ3) is 9.78. The molecule has 4 amide bonds. The van der Waals surface area contributed by atoms with Crippen LogP contribution in [0.5, 0.6) is 0 Å². The molecule has 6 rings (SSSR count). The lowest BCUT2D eigenvalue weighted by atomic mass is 9.99. The van der Waals surface area contributed by atoms with Gasteiger partial charge in [0.15, 0.2) is 5.78 Å². The van der Waals surface area contributed by atoms with Crippen LogP contribution in [0.2, 0.25) is 0 Å². The minimum Gasteiger partial charge on any atom is -0.397 e. The van der Waals surface area contributed by atoms with Crippen LogP contribution in [0.1, 0.15) is 48.0 Å². The van der Waals surface area contributed by atoms with Crippen LogP contribution in [0.4, 0.5) is 16.2 Å². The number of nitrogens with two attached hydrogens (primary N) is 1. The molecule has 1 atom stereocenters. The van der Waals surface area contributed by atoms with Crippen molar-refractivity contribution in [1.29, 1.82) is 0 Å². The number of rotatable bonds is 10. The molecule has 288 valence electrons. The minimum absolute atomic E-state index is 0.0426. The standard InChI is InChI=1S/C36H48Br2N8O6S/c1-53(51,52)45-18-16-43(17-19-45)26-7-11-42(12-8-26)23-33(48)40-31(22-32(47)25-20-28(37)34(39)29(38)21-25)35(49)44-13-9-27(10-14-44)46-15-6-24-4-2-3-5-30(24)41-36(46)50/h2-5,20-21,26-27,31H,6-19,22-23,39H2,1H3,(H,40,48)(H,41,50)/t31-/m0/s1. The van der Waals surface area contributed by atoms with Crippen LogP contribution >= 0.6 is 31.9 Å². The van der Waals surface area contributed by atoms with Crippen molar-refractivity contribution >= 4 is 76.9 Å². The van der Waals surface area contributed by atoms with Crippen molar-refractivity contribution in [1.82, 2.24) is 29.2 Å². The van der Waals surface area contributed by atoms with Crippen LogP contribution in [0.15, 0.2) is 45.3 Å². The highest BCUT2D eigenvalue weighted by Crippen LogP contribution is 2.31. The van der Waals surface area contributed by atoms with E-state index in [4.69, 9.17) is 5.73 Å². The van der Waals surface area contributed by atoms with Gasteiger partial charge >= 0.3 is 6.03 Å². The number of piperazine rings is 1. The van der Waals surface area contributed by atoms with Crippen LogP contribution in [-0.4, -0.2) is 146 Å². The van der Waals surface area contributed by atoms with Crippen LogP contribution in [0.25, 0.3) is 0 Å². The van der Waals surface area contributed by atoms with E-state index in [1.54, 1.807) is 17.0 Å². The van der Waals surface area contributed by atoms with Crippen molar-refractivity contribution in [3.63, 3.8) is 0 Å². The van der Waals surface area contributed by atoms with E-state index in [0.29, 0.717) is 98.0 Å². The molecule has 0 spiro atoms. The van der Waals surface area contributed by atoms with Crippen molar-refractivity contribution in [3.8, 4) is 0 Å². The molecular weight excluding hydrogens is 832 g/mol. The molecule has 14 nitrogen and oxygen atoms in total. The highest BCUT2D eigenvalue weighted by atomic mass is 79.9. The monoisotopic (exact) mass is 878 g/mol. The molecule has 3 saturated heterocycles. The number of hydrogen-bond donors (Lipinski definition) is 3. The van der Waals surface area contributed by atoms with Gasteiger partial charge in [-0.15, -0.1) is 0 Å². The highest BCUT2D eigenvalue weighted by Gasteiger charge is 2.36. The summed E-state index contributed by atoms with van der Waals surface area (Å²) in [5.41, 5.74) is 8.77. The van der Waals surface area contributed by atoms with Gasteiger partial charge in [-0.2, -0.15) is 4.31 Å². The molecule has 4 heterocycles. The second-order valence-corrected chi connectivity index (χ2v) is 18.1. The second kappa shape index (κ2) is 17.1. The molecule has 3 fully saturated rings. The molecule has 0 radical (unpaired) electrons. The first-order chi connectivity index (χ1) is 25.3. The van der Waals surface area contributed by atoms with Gasteiger partial charge in [0, 0.05) is 97.6 Å². The Kier molecular flexibility index (Phi) is 12.8. The normalized spacial score (nSPS) is 20.7. The maximum absolute atomic E-state index is 14.1. The number of benzene rings is 2. The first-order valence-corrected chi connectivity index (χ1v) is 21.6. The Morgan fingerprint density at radius 3 is 2.17 bits per heavy atom. The van der Waals surface area contributed by atoms with Crippen LogP contribution in [-0.2, 0) is 26.0 Å². The molecule has 4 N–H and O–H groups in total. The number of para-hydroxylation sites is 1. The Labute approximate surface area is 328 Å². The summed E-state index contributed by atoms with van der Waals surface area (Å²) >= 11 is 6.79. The van der Waals surface area contributed by atoms with Gasteiger partial charge in [0.1, 0.15) is 6.04 Å². The van der Waals surface area contributed by atoms with Gasteiger partial charge in [-0.05, 0) is 87.7 Å². The van der Waals surface area contributed by atoms with Crippen molar-refractivity contribution < 1.29 is 27.6 Å². The lowest BCUT2D eigenvalue weighted by molar-refractivity contribution is -0.138. The molecule has 4 aliphatic heterocycles. The quantitative estimate of drug-likeness (QED) is 0.240. The lowest BCUT2D eigenvalue weighted by Gasteiger charge is -2.42. The van der Waals surface area contributed by atoms with Crippen molar-refractivity contribution in [2.45, 2.75) is 56.7 Å². The van der Waals surface area contributed by atoms with Gasteiger partial charge in [0.25, 0.3) is 0 Å². The summed E-state index contributed by atoms with van der Waals surface area (Å²) in [5.74, 6) is -0.956. The average Bonchev–Trinajstić information content (AvgIpc) is 3.31. The van der Waals surface area contributed by atoms with E-state index in [1.807, 2.05) is 29.2 Å². The number of Topliss-reactive ketones (excluding diaryl/α,β-unsaturated/α-hetero) is 1. The number of piperidine rings is 2. The predicted octanol–water partition coefficient (Wildman–Crippen LogP) is 2.97. The first kappa shape index (κ1) is 39.6. The number of hydrogen-bond acceptors (Lipinski definition) is 9. The largest absolute Gasteiger partial charge is 0.397 e. The summed E-state index contributed by atoms with van der Waals surface area (Å²) in [6, 6.07) is 10.1. The fourth-order valence-electron chi connectivity index (χ4n) is 7.89. The van der Waals surface area contributed by atoms with Gasteiger partial charge in [0.05, 0.1) is 18.5 Å². The third-order valence-corrected chi connectivity index (χ3v) is 13.6. The summed E-state index contributed by atoms with van der Waals surface area (Å²) in [6.07, 6.45) is 4.63. The summed E-state index contributed by atoms with van der Waals surface area (Å²) in [5, 5.41) is 5.94. The molecule has 0 aromatic heterocycles. The van der Waals surface area contributed by atoms with Gasteiger partial charge in [-0.25, -0.2) is 13.2 Å². The molecule has 0 unspecified atom stereocenters.